The third-order valence-corrected chi connectivity index (χ3v) is 5.54. The molecule has 128 valence electrons. The third kappa shape index (κ3) is 3.16. The molecule has 1 aliphatic rings. The number of amides is 1. The highest BCUT2D eigenvalue weighted by Gasteiger charge is 2.37. The fraction of sp³-hybridized carbons (Fsp3) is 0.500. The minimum Gasteiger partial charge on any atom is -0.350 e. The van der Waals surface area contributed by atoms with Crippen LogP contribution >= 0.6 is 0 Å². The number of fused-ring (bicyclic) bond motifs is 1. The van der Waals surface area contributed by atoms with Crippen molar-refractivity contribution in [3.8, 4) is 0 Å². The number of rotatable bonds is 5. The SMILES string of the molecule is CCN(C)C1(CNC(=O)c2ccnc3ccc(C)cc23)CCCC1. The molecule has 4 heteroatoms. The maximum Gasteiger partial charge on any atom is 0.252 e. The second-order valence-corrected chi connectivity index (χ2v) is 7.01. The van der Waals surface area contributed by atoms with E-state index in [2.05, 4.69) is 29.2 Å². The van der Waals surface area contributed by atoms with Crippen LogP contribution in [-0.4, -0.2) is 41.5 Å². The Morgan fingerprint density at radius 1 is 1.29 bits per heavy atom. The molecule has 1 saturated carbocycles. The van der Waals surface area contributed by atoms with E-state index in [4.69, 9.17) is 0 Å². The summed E-state index contributed by atoms with van der Waals surface area (Å²) in [5, 5.41) is 4.13. The first-order valence-corrected chi connectivity index (χ1v) is 8.90. The van der Waals surface area contributed by atoms with E-state index >= 15 is 0 Å². The molecule has 1 amide bonds. The van der Waals surface area contributed by atoms with Gasteiger partial charge in [-0.25, -0.2) is 0 Å². The fourth-order valence-corrected chi connectivity index (χ4v) is 3.86. The van der Waals surface area contributed by atoms with Gasteiger partial charge in [0.1, 0.15) is 0 Å². The standard InChI is InChI=1S/C20H27N3O/c1-4-23(3)20(10-5-6-11-20)14-22-19(24)16-9-12-21-18-8-7-15(2)13-17(16)18/h7-9,12-13H,4-6,10-11,14H2,1-3H3,(H,22,24). The molecule has 1 aromatic heterocycles. The van der Waals surface area contributed by atoms with E-state index in [9.17, 15) is 4.79 Å². The molecule has 0 atom stereocenters. The highest BCUT2D eigenvalue weighted by atomic mass is 16.1. The molecule has 0 radical (unpaired) electrons. The molecule has 1 heterocycles. The predicted molar refractivity (Wildman–Crippen MR) is 98.3 cm³/mol. The number of aryl methyl sites for hydroxylation is 1. The van der Waals surface area contributed by atoms with E-state index in [-0.39, 0.29) is 11.4 Å². The fourth-order valence-electron chi connectivity index (χ4n) is 3.86. The Kier molecular flexibility index (Phi) is 4.86. The van der Waals surface area contributed by atoms with E-state index in [1.54, 1.807) is 6.20 Å². The quantitative estimate of drug-likeness (QED) is 0.914. The molecule has 0 bridgehead atoms. The molecule has 1 aliphatic carbocycles. The third-order valence-electron chi connectivity index (χ3n) is 5.54. The van der Waals surface area contributed by atoms with Gasteiger partial charge < -0.3 is 5.32 Å². The molecule has 4 nitrogen and oxygen atoms in total. The normalized spacial score (nSPS) is 16.7. The van der Waals surface area contributed by atoms with Gasteiger partial charge in [-0.1, -0.05) is 31.4 Å². The van der Waals surface area contributed by atoms with E-state index < -0.39 is 0 Å². The summed E-state index contributed by atoms with van der Waals surface area (Å²) in [7, 11) is 2.17. The van der Waals surface area contributed by atoms with Crippen LogP contribution < -0.4 is 5.32 Å². The number of nitrogens with one attached hydrogen (secondary N) is 1. The number of hydrogen-bond acceptors (Lipinski definition) is 3. The van der Waals surface area contributed by atoms with Crippen LogP contribution in [0, 0.1) is 6.92 Å². The molecule has 0 saturated heterocycles. The van der Waals surface area contributed by atoms with E-state index in [0.717, 1.165) is 41.4 Å². The van der Waals surface area contributed by atoms with Gasteiger partial charge in [-0.2, -0.15) is 0 Å². The lowest BCUT2D eigenvalue weighted by Gasteiger charge is -2.38. The van der Waals surface area contributed by atoms with Crippen LogP contribution in [0.1, 0.15) is 48.5 Å². The molecule has 0 unspecified atom stereocenters. The average Bonchev–Trinajstić information content (AvgIpc) is 3.08. The van der Waals surface area contributed by atoms with Gasteiger partial charge in [0.05, 0.1) is 11.1 Å². The summed E-state index contributed by atoms with van der Waals surface area (Å²) in [6.07, 6.45) is 6.53. The number of hydrogen-bond donors (Lipinski definition) is 1. The Balaban J connectivity index is 1.81. The van der Waals surface area contributed by atoms with Crippen molar-refractivity contribution in [3.05, 3.63) is 41.6 Å². The zero-order valence-electron chi connectivity index (χ0n) is 14.9. The Labute approximate surface area is 144 Å². The van der Waals surface area contributed by atoms with Gasteiger partial charge >= 0.3 is 0 Å². The van der Waals surface area contributed by atoms with Gasteiger partial charge in [-0.05, 0) is 51.6 Å². The lowest BCUT2D eigenvalue weighted by molar-refractivity contribution is 0.0876. The number of likely N-dealkylation sites (N-methyl/N-ethyl adjacent to an activating group) is 1. The van der Waals surface area contributed by atoms with Gasteiger partial charge in [0.2, 0.25) is 0 Å². The van der Waals surface area contributed by atoms with Crippen molar-refractivity contribution in [2.24, 2.45) is 0 Å². The van der Waals surface area contributed by atoms with Crippen molar-refractivity contribution in [2.45, 2.75) is 45.1 Å². The maximum absolute atomic E-state index is 12.8. The summed E-state index contributed by atoms with van der Waals surface area (Å²) >= 11 is 0. The summed E-state index contributed by atoms with van der Waals surface area (Å²) in [5.41, 5.74) is 2.84. The van der Waals surface area contributed by atoms with Crippen LogP contribution in [0.15, 0.2) is 30.5 Å². The first-order valence-electron chi connectivity index (χ1n) is 8.90. The van der Waals surface area contributed by atoms with Crippen molar-refractivity contribution in [1.82, 2.24) is 15.2 Å². The molecule has 0 spiro atoms. The van der Waals surface area contributed by atoms with Crippen LogP contribution in [-0.2, 0) is 0 Å². The Bertz CT molecular complexity index is 735. The average molecular weight is 325 g/mol. The Hall–Kier alpha value is -1.94. The molecule has 24 heavy (non-hydrogen) atoms. The van der Waals surface area contributed by atoms with Gasteiger partial charge in [-0.15, -0.1) is 0 Å². The van der Waals surface area contributed by atoms with Crippen LogP contribution in [0.25, 0.3) is 10.9 Å². The minimum atomic E-state index is 0.00350. The second-order valence-electron chi connectivity index (χ2n) is 7.01. The van der Waals surface area contributed by atoms with E-state index in [0.29, 0.717) is 6.54 Å². The van der Waals surface area contributed by atoms with Crippen molar-refractivity contribution in [3.63, 3.8) is 0 Å². The number of benzene rings is 1. The van der Waals surface area contributed by atoms with Crippen molar-refractivity contribution >= 4 is 16.8 Å². The molecule has 1 fully saturated rings. The van der Waals surface area contributed by atoms with E-state index in [1.165, 1.54) is 12.8 Å². The van der Waals surface area contributed by atoms with E-state index in [1.807, 2.05) is 31.2 Å². The maximum atomic E-state index is 12.8. The van der Waals surface area contributed by atoms with Gasteiger partial charge in [0, 0.05) is 23.7 Å². The second kappa shape index (κ2) is 6.89. The molecule has 2 aromatic rings. The lowest BCUT2D eigenvalue weighted by Crippen LogP contribution is -2.52. The minimum absolute atomic E-state index is 0.00350. The Morgan fingerprint density at radius 3 is 2.75 bits per heavy atom. The van der Waals surface area contributed by atoms with Crippen LogP contribution in [0.4, 0.5) is 0 Å². The number of carbonyl (C=O) groups is 1. The largest absolute Gasteiger partial charge is 0.350 e. The van der Waals surface area contributed by atoms with Crippen molar-refractivity contribution < 1.29 is 4.79 Å². The summed E-state index contributed by atoms with van der Waals surface area (Å²) in [4.78, 5) is 19.6. The molecular formula is C20H27N3O. The van der Waals surface area contributed by atoms with Crippen molar-refractivity contribution in [1.29, 1.82) is 0 Å². The van der Waals surface area contributed by atoms with Gasteiger partial charge in [0.15, 0.2) is 0 Å². The number of nitrogens with zero attached hydrogens (tertiary/aromatic N) is 2. The number of aromatic nitrogens is 1. The smallest absolute Gasteiger partial charge is 0.252 e. The van der Waals surface area contributed by atoms with Crippen LogP contribution in [0.3, 0.4) is 0 Å². The first-order chi connectivity index (χ1) is 11.6. The van der Waals surface area contributed by atoms with Gasteiger partial charge in [0.25, 0.3) is 5.91 Å². The zero-order valence-corrected chi connectivity index (χ0v) is 14.9. The van der Waals surface area contributed by atoms with Crippen molar-refractivity contribution in [2.75, 3.05) is 20.1 Å². The molecule has 3 rings (SSSR count). The monoisotopic (exact) mass is 325 g/mol. The van der Waals surface area contributed by atoms with Crippen LogP contribution in [0.2, 0.25) is 0 Å². The number of carbonyl (C=O) groups excluding carboxylic acids is 1. The topological polar surface area (TPSA) is 45.2 Å². The summed E-state index contributed by atoms with van der Waals surface area (Å²) < 4.78 is 0. The summed E-state index contributed by atoms with van der Waals surface area (Å²) in [6, 6.07) is 7.87. The highest BCUT2D eigenvalue weighted by Crippen LogP contribution is 2.34. The first kappa shape index (κ1) is 16.9. The molecule has 0 aliphatic heterocycles. The summed E-state index contributed by atoms with van der Waals surface area (Å²) in [5.74, 6) is 0.00350. The summed E-state index contributed by atoms with van der Waals surface area (Å²) in [6.45, 7) is 5.94. The number of pyridine rings is 1. The van der Waals surface area contributed by atoms with Gasteiger partial charge in [-0.3, -0.25) is 14.7 Å². The van der Waals surface area contributed by atoms with Crippen LogP contribution in [0.5, 0.6) is 0 Å². The molecule has 1 N–H and O–H groups in total. The molecular weight excluding hydrogens is 298 g/mol. The lowest BCUT2D eigenvalue weighted by atomic mass is 9.95. The zero-order chi connectivity index (χ0) is 17.2. The predicted octanol–water partition coefficient (Wildman–Crippen LogP) is 3.54. The highest BCUT2D eigenvalue weighted by molar-refractivity contribution is 6.06. The Morgan fingerprint density at radius 2 is 2.04 bits per heavy atom. The molecule has 1 aromatic carbocycles.